The molecule has 0 amide bonds. The molecule has 0 fully saturated rings. The Balaban J connectivity index is 2.41. The lowest BCUT2D eigenvalue weighted by atomic mass is 9.97. The van der Waals surface area contributed by atoms with E-state index >= 15 is 0 Å². The van der Waals surface area contributed by atoms with Crippen LogP contribution in [0, 0.1) is 6.92 Å². The van der Waals surface area contributed by atoms with Crippen LogP contribution in [-0.4, -0.2) is 16.7 Å². The molecule has 2 unspecified atom stereocenters. The summed E-state index contributed by atoms with van der Waals surface area (Å²) in [5, 5.41) is 11.7. The highest BCUT2D eigenvalue weighted by molar-refractivity contribution is 6.35. The quantitative estimate of drug-likeness (QED) is 0.778. The van der Waals surface area contributed by atoms with Crippen molar-refractivity contribution < 1.29 is 9.84 Å². The lowest BCUT2D eigenvalue weighted by Crippen LogP contribution is -2.16. The minimum atomic E-state index is -0.896. The number of hydrogen-bond acceptors (Lipinski definition) is 3. The molecule has 0 saturated heterocycles. The predicted octanol–water partition coefficient (Wildman–Crippen LogP) is 4.67. The van der Waals surface area contributed by atoms with E-state index in [0.717, 1.165) is 5.69 Å². The minimum Gasteiger partial charge on any atom is -0.385 e. The Morgan fingerprint density at radius 3 is 2.73 bits per heavy atom. The molecule has 3 nitrogen and oxygen atoms in total. The van der Waals surface area contributed by atoms with E-state index in [1.165, 1.54) is 0 Å². The molecule has 116 valence electrons. The Bertz CT molecular complexity index is 661. The second-order valence-corrected chi connectivity index (χ2v) is 5.67. The summed E-state index contributed by atoms with van der Waals surface area (Å²) in [6.07, 6.45) is 1.78. The molecule has 2 atom stereocenters. The molecule has 1 heterocycles. The molecule has 1 N–H and O–H groups in total. The Morgan fingerprint density at radius 2 is 2.09 bits per heavy atom. The van der Waals surface area contributed by atoms with E-state index in [-0.39, 0.29) is 0 Å². The highest BCUT2D eigenvalue weighted by Crippen LogP contribution is 2.37. The number of hydrogen-bond donors (Lipinski definition) is 1. The molecule has 1 aromatic heterocycles. The maximum Gasteiger partial charge on any atom is 0.114 e. The first kappa shape index (κ1) is 17.0. The van der Waals surface area contributed by atoms with Crippen molar-refractivity contribution >= 4 is 23.2 Å². The third-order valence-corrected chi connectivity index (χ3v) is 3.88. The van der Waals surface area contributed by atoms with E-state index in [0.29, 0.717) is 27.8 Å². The average molecular weight is 338 g/mol. The van der Waals surface area contributed by atoms with Gasteiger partial charge in [-0.25, -0.2) is 0 Å². The fraction of sp³-hybridized carbons (Fsp3) is 0.235. The summed E-state index contributed by atoms with van der Waals surface area (Å²) in [6, 6.07) is 8.70. The summed E-state index contributed by atoms with van der Waals surface area (Å²) < 4.78 is 5.75. The Kier molecular flexibility index (Phi) is 5.98. The van der Waals surface area contributed by atoms with Crippen molar-refractivity contribution in [1.29, 1.82) is 0 Å². The van der Waals surface area contributed by atoms with Crippen molar-refractivity contribution in [2.45, 2.75) is 19.1 Å². The van der Waals surface area contributed by atoms with Gasteiger partial charge in [0.2, 0.25) is 0 Å². The Labute approximate surface area is 140 Å². The van der Waals surface area contributed by atoms with Crippen LogP contribution in [0.2, 0.25) is 10.0 Å². The van der Waals surface area contributed by atoms with Gasteiger partial charge in [0.05, 0.1) is 6.61 Å². The number of aryl methyl sites for hydroxylation is 1. The van der Waals surface area contributed by atoms with E-state index < -0.39 is 12.2 Å². The molecule has 5 heteroatoms. The lowest BCUT2D eigenvalue weighted by Gasteiger charge is -2.25. The monoisotopic (exact) mass is 337 g/mol. The predicted molar refractivity (Wildman–Crippen MR) is 89.3 cm³/mol. The molecule has 22 heavy (non-hydrogen) atoms. The normalized spacial score (nSPS) is 13.6. The summed E-state index contributed by atoms with van der Waals surface area (Å²) in [5.41, 5.74) is 2.11. The van der Waals surface area contributed by atoms with E-state index in [1.807, 2.05) is 13.0 Å². The number of nitrogens with zero attached hydrogens (tertiary/aromatic N) is 1. The zero-order chi connectivity index (χ0) is 16.1. The second kappa shape index (κ2) is 7.75. The molecule has 2 aromatic rings. The topological polar surface area (TPSA) is 42.4 Å². The summed E-state index contributed by atoms with van der Waals surface area (Å²) in [4.78, 5) is 4.20. The smallest absolute Gasteiger partial charge is 0.114 e. The molecule has 0 radical (unpaired) electrons. The van der Waals surface area contributed by atoms with Crippen LogP contribution in [0.15, 0.2) is 49.2 Å². The van der Waals surface area contributed by atoms with Crippen LogP contribution < -0.4 is 0 Å². The fourth-order valence-corrected chi connectivity index (χ4v) is 2.74. The van der Waals surface area contributed by atoms with Gasteiger partial charge in [-0.15, -0.1) is 6.58 Å². The van der Waals surface area contributed by atoms with Crippen LogP contribution >= 0.6 is 23.2 Å². The van der Waals surface area contributed by atoms with Gasteiger partial charge in [-0.05, 0) is 25.1 Å². The van der Waals surface area contributed by atoms with Crippen molar-refractivity contribution in [3.63, 3.8) is 0 Å². The van der Waals surface area contributed by atoms with E-state index in [9.17, 15) is 5.11 Å². The summed E-state index contributed by atoms with van der Waals surface area (Å²) in [6.45, 7) is 5.77. The molecular formula is C17H17Cl2NO2. The van der Waals surface area contributed by atoms with Crippen LogP contribution in [0.4, 0.5) is 0 Å². The highest BCUT2D eigenvalue weighted by atomic mass is 35.5. The van der Waals surface area contributed by atoms with Gasteiger partial charge in [-0.1, -0.05) is 41.4 Å². The maximum absolute atomic E-state index is 10.7. The van der Waals surface area contributed by atoms with Gasteiger partial charge in [0, 0.05) is 33.1 Å². The molecule has 0 aliphatic carbocycles. The molecule has 0 aliphatic rings. The molecule has 2 rings (SSSR count). The van der Waals surface area contributed by atoms with Gasteiger partial charge in [-0.2, -0.15) is 0 Å². The zero-order valence-electron chi connectivity index (χ0n) is 12.2. The molecule has 0 saturated carbocycles. The number of aliphatic hydroxyl groups is 1. The van der Waals surface area contributed by atoms with Crippen molar-refractivity contribution in [3.05, 3.63) is 76.0 Å². The number of aromatic nitrogens is 1. The Hall–Kier alpha value is -1.39. The number of halogens is 2. The van der Waals surface area contributed by atoms with Crippen molar-refractivity contribution in [2.24, 2.45) is 0 Å². The molecule has 0 aliphatic heterocycles. The van der Waals surface area contributed by atoms with Crippen molar-refractivity contribution in [2.75, 3.05) is 6.61 Å². The molecule has 1 aromatic carbocycles. The third-order valence-electron chi connectivity index (χ3n) is 3.32. The first-order valence-electron chi connectivity index (χ1n) is 6.81. The number of ether oxygens (including phenoxy) is 1. The third kappa shape index (κ3) is 3.87. The van der Waals surface area contributed by atoms with Gasteiger partial charge < -0.3 is 9.84 Å². The summed E-state index contributed by atoms with van der Waals surface area (Å²) in [5.74, 6) is 0. The lowest BCUT2D eigenvalue weighted by molar-refractivity contribution is -0.0303. The number of pyridine rings is 1. The fourth-order valence-electron chi connectivity index (χ4n) is 2.23. The van der Waals surface area contributed by atoms with Crippen LogP contribution in [-0.2, 0) is 4.74 Å². The van der Waals surface area contributed by atoms with Crippen LogP contribution in [0.25, 0.3) is 0 Å². The minimum absolute atomic E-state index is 0.292. The second-order valence-electron chi connectivity index (χ2n) is 4.83. The molecular weight excluding hydrogens is 321 g/mol. The number of rotatable bonds is 6. The van der Waals surface area contributed by atoms with E-state index in [1.54, 1.807) is 36.5 Å². The van der Waals surface area contributed by atoms with E-state index in [2.05, 4.69) is 11.6 Å². The highest BCUT2D eigenvalue weighted by Gasteiger charge is 2.27. The first-order valence-corrected chi connectivity index (χ1v) is 7.57. The molecule has 0 spiro atoms. The van der Waals surface area contributed by atoms with Gasteiger partial charge in [0.1, 0.15) is 12.2 Å². The van der Waals surface area contributed by atoms with Gasteiger partial charge in [-0.3, -0.25) is 4.98 Å². The SMILES string of the molecule is C=CCOC(c1ccc(Cl)cc1Cl)C(O)c1cccnc1C. The van der Waals surface area contributed by atoms with Crippen LogP contribution in [0.5, 0.6) is 0 Å². The van der Waals surface area contributed by atoms with Crippen molar-refractivity contribution in [1.82, 2.24) is 4.98 Å². The van der Waals surface area contributed by atoms with Crippen molar-refractivity contribution in [3.8, 4) is 0 Å². The standard InChI is InChI=1S/C17H17Cl2NO2/c1-3-9-22-17(14-7-6-12(18)10-15(14)19)16(21)13-5-4-8-20-11(13)2/h3-8,10,16-17,21H,1,9H2,2H3. The molecule has 0 bridgehead atoms. The van der Waals surface area contributed by atoms with Gasteiger partial charge in [0.15, 0.2) is 0 Å². The first-order chi connectivity index (χ1) is 10.5. The number of benzene rings is 1. The maximum atomic E-state index is 10.7. The Morgan fingerprint density at radius 1 is 1.32 bits per heavy atom. The van der Waals surface area contributed by atoms with Gasteiger partial charge >= 0.3 is 0 Å². The average Bonchev–Trinajstić information content (AvgIpc) is 2.49. The van der Waals surface area contributed by atoms with E-state index in [4.69, 9.17) is 27.9 Å². The summed E-state index contributed by atoms with van der Waals surface area (Å²) in [7, 11) is 0. The van der Waals surface area contributed by atoms with Gasteiger partial charge in [0.25, 0.3) is 0 Å². The zero-order valence-corrected chi connectivity index (χ0v) is 13.7. The van der Waals surface area contributed by atoms with Crippen LogP contribution in [0.3, 0.4) is 0 Å². The number of aliphatic hydroxyl groups excluding tert-OH is 1. The van der Waals surface area contributed by atoms with Crippen LogP contribution in [0.1, 0.15) is 29.0 Å². The largest absolute Gasteiger partial charge is 0.385 e. The summed E-state index contributed by atoms with van der Waals surface area (Å²) >= 11 is 12.2.